The highest BCUT2D eigenvalue weighted by Gasteiger charge is 2.08. The molecule has 9 heteroatoms. The molecular formula is C14H15N7O2. The molecule has 1 aromatic carbocycles. The molecule has 1 unspecified atom stereocenters. The first-order valence-electron chi connectivity index (χ1n) is 6.93. The van der Waals surface area contributed by atoms with Gasteiger partial charge >= 0.3 is 5.97 Å². The van der Waals surface area contributed by atoms with Crippen LogP contribution in [0, 0.1) is 11.3 Å². The summed E-state index contributed by atoms with van der Waals surface area (Å²) in [5, 5.41) is 15.6. The van der Waals surface area contributed by atoms with Gasteiger partial charge in [0.2, 0.25) is 0 Å². The number of hydrogen-bond donors (Lipinski definition) is 0. The minimum Gasteiger partial charge on any atom is -0.462 e. The van der Waals surface area contributed by atoms with Crippen molar-refractivity contribution in [2.75, 3.05) is 13.2 Å². The molecule has 23 heavy (non-hydrogen) atoms. The molecule has 0 N–H and O–H groups in total. The molecule has 0 saturated carbocycles. The first-order chi connectivity index (χ1) is 11.2. The fourth-order valence-electron chi connectivity index (χ4n) is 1.80. The summed E-state index contributed by atoms with van der Waals surface area (Å²) in [4.78, 5) is 17.1. The van der Waals surface area contributed by atoms with Gasteiger partial charge in [0, 0.05) is 22.4 Å². The molecule has 0 saturated heterocycles. The third-order valence-corrected chi connectivity index (χ3v) is 2.99. The Morgan fingerprint density at radius 1 is 1.26 bits per heavy atom. The third kappa shape index (κ3) is 6.87. The van der Waals surface area contributed by atoms with Crippen molar-refractivity contribution in [3.63, 3.8) is 0 Å². The molecule has 0 bridgehead atoms. The molecule has 9 nitrogen and oxygen atoms in total. The minimum absolute atomic E-state index is 0.117. The van der Waals surface area contributed by atoms with Crippen molar-refractivity contribution >= 4 is 5.97 Å². The van der Waals surface area contributed by atoms with E-state index < -0.39 is 5.97 Å². The van der Waals surface area contributed by atoms with E-state index in [1.54, 1.807) is 24.3 Å². The van der Waals surface area contributed by atoms with Gasteiger partial charge in [-0.25, -0.2) is 4.79 Å². The summed E-state index contributed by atoms with van der Waals surface area (Å²) >= 11 is 0. The molecule has 1 atom stereocenters. The van der Waals surface area contributed by atoms with Gasteiger partial charge in [-0.2, -0.15) is 5.26 Å². The van der Waals surface area contributed by atoms with Crippen molar-refractivity contribution in [1.29, 1.82) is 5.26 Å². The monoisotopic (exact) mass is 313 g/mol. The van der Waals surface area contributed by atoms with Crippen molar-refractivity contribution in [2.45, 2.75) is 25.3 Å². The quantitative estimate of drug-likeness (QED) is 0.224. The number of azide groups is 2. The van der Waals surface area contributed by atoms with Crippen molar-refractivity contribution in [3.05, 3.63) is 56.3 Å². The number of esters is 1. The van der Waals surface area contributed by atoms with Crippen LogP contribution in [0.15, 0.2) is 34.5 Å². The van der Waals surface area contributed by atoms with Gasteiger partial charge in [0.05, 0.1) is 23.8 Å². The highest BCUT2D eigenvalue weighted by Crippen LogP contribution is 2.08. The lowest BCUT2D eigenvalue weighted by atomic mass is 10.1. The maximum Gasteiger partial charge on any atom is 0.338 e. The van der Waals surface area contributed by atoms with Crippen LogP contribution in [0.1, 0.15) is 35.2 Å². The summed E-state index contributed by atoms with van der Waals surface area (Å²) in [5.74, 6) is -0.449. The van der Waals surface area contributed by atoms with Crippen molar-refractivity contribution < 1.29 is 9.53 Å². The van der Waals surface area contributed by atoms with E-state index in [1.807, 2.05) is 6.07 Å². The number of nitrogens with zero attached hydrogens (tertiary/aromatic N) is 7. The van der Waals surface area contributed by atoms with Crippen LogP contribution in [0.2, 0.25) is 0 Å². The highest BCUT2D eigenvalue weighted by atomic mass is 16.5. The summed E-state index contributed by atoms with van der Waals surface area (Å²) in [6.45, 7) is 0.356. The van der Waals surface area contributed by atoms with E-state index in [9.17, 15) is 4.79 Å². The number of hydrogen-bond acceptors (Lipinski definition) is 5. The molecular weight excluding hydrogens is 298 g/mol. The fraction of sp³-hybridized carbons (Fsp3) is 0.429. The molecule has 0 amide bonds. The van der Waals surface area contributed by atoms with Gasteiger partial charge in [0.1, 0.15) is 0 Å². The molecule has 0 aliphatic heterocycles. The lowest BCUT2D eigenvalue weighted by Gasteiger charge is -2.08. The van der Waals surface area contributed by atoms with Crippen molar-refractivity contribution in [1.82, 2.24) is 0 Å². The summed E-state index contributed by atoms with van der Waals surface area (Å²) in [6, 6.07) is 7.77. The average Bonchev–Trinajstić information content (AvgIpc) is 2.59. The van der Waals surface area contributed by atoms with Gasteiger partial charge < -0.3 is 4.74 Å². The Kier molecular flexibility index (Phi) is 8.16. The third-order valence-electron chi connectivity index (χ3n) is 2.99. The normalized spacial score (nSPS) is 10.6. The summed E-state index contributed by atoms with van der Waals surface area (Å²) < 4.78 is 5.12. The second-order valence-electron chi connectivity index (χ2n) is 4.59. The molecule has 0 spiro atoms. The van der Waals surface area contributed by atoms with E-state index in [0.717, 1.165) is 0 Å². The Morgan fingerprint density at radius 2 is 2.00 bits per heavy atom. The van der Waals surface area contributed by atoms with Crippen LogP contribution in [-0.2, 0) is 4.74 Å². The number of carbonyl (C=O) groups is 1. The van der Waals surface area contributed by atoms with Gasteiger partial charge in [-0.15, -0.1) is 0 Å². The maximum atomic E-state index is 11.8. The second-order valence-corrected chi connectivity index (χ2v) is 4.59. The Bertz CT molecular complexity index is 653. The first kappa shape index (κ1) is 17.9. The van der Waals surface area contributed by atoms with Gasteiger partial charge in [-0.1, -0.05) is 10.2 Å². The predicted octanol–water partition coefficient (Wildman–Crippen LogP) is 3.87. The zero-order chi connectivity index (χ0) is 16.9. The van der Waals surface area contributed by atoms with Gasteiger partial charge in [-0.3, -0.25) is 0 Å². The predicted molar refractivity (Wildman–Crippen MR) is 82.2 cm³/mol. The van der Waals surface area contributed by atoms with E-state index >= 15 is 0 Å². The van der Waals surface area contributed by atoms with E-state index in [2.05, 4.69) is 20.1 Å². The van der Waals surface area contributed by atoms with Crippen LogP contribution in [0.25, 0.3) is 20.9 Å². The van der Waals surface area contributed by atoms with E-state index in [4.69, 9.17) is 21.1 Å². The molecule has 1 aromatic rings. The molecule has 1 rings (SSSR count). The summed E-state index contributed by atoms with van der Waals surface area (Å²) in [5.41, 5.74) is 17.5. The summed E-state index contributed by atoms with van der Waals surface area (Å²) in [6.07, 6.45) is 1.83. The van der Waals surface area contributed by atoms with Crippen LogP contribution in [0.4, 0.5) is 0 Å². The Morgan fingerprint density at radius 3 is 2.61 bits per heavy atom. The van der Waals surface area contributed by atoms with Gasteiger partial charge in [-0.05, 0) is 54.6 Å². The fourth-order valence-corrected chi connectivity index (χ4v) is 1.80. The largest absolute Gasteiger partial charge is 0.462 e. The number of carbonyl (C=O) groups excluding carboxylic acids is 1. The SMILES string of the molecule is N#Cc1ccc(C(=O)OCCCCC(CN=[N+]=[N-])N=[N+]=[N-])cc1. The molecule has 118 valence electrons. The van der Waals surface area contributed by atoms with Crippen molar-refractivity contribution in [3.8, 4) is 6.07 Å². The standard InChI is InChI=1S/C14H15N7O2/c15-9-11-4-6-12(7-5-11)14(22)23-8-2-1-3-13(19-21-17)10-18-20-16/h4-7,13H,1-3,8,10H2. The van der Waals surface area contributed by atoms with Crippen molar-refractivity contribution in [2.24, 2.45) is 10.2 Å². The molecule has 0 aliphatic rings. The molecule has 0 fully saturated rings. The number of nitriles is 1. The maximum absolute atomic E-state index is 11.8. The number of rotatable bonds is 9. The zero-order valence-electron chi connectivity index (χ0n) is 12.4. The Labute approximate surface area is 132 Å². The first-order valence-corrected chi connectivity index (χ1v) is 6.93. The molecule has 0 heterocycles. The Hall–Kier alpha value is -3.20. The molecule has 0 aromatic heterocycles. The zero-order valence-corrected chi connectivity index (χ0v) is 12.4. The Balaban J connectivity index is 2.30. The minimum atomic E-state index is -0.449. The number of benzene rings is 1. The number of unbranched alkanes of at least 4 members (excludes halogenated alkanes) is 1. The van der Waals surface area contributed by atoms with Crippen LogP contribution >= 0.6 is 0 Å². The lowest BCUT2D eigenvalue weighted by Crippen LogP contribution is -2.09. The summed E-state index contributed by atoms with van der Waals surface area (Å²) in [7, 11) is 0. The number of ether oxygens (including phenoxy) is 1. The van der Waals surface area contributed by atoms with Crippen LogP contribution in [0.5, 0.6) is 0 Å². The second kappa shape index (κ2) is 10.5. The smallest absolute Gasteiger partial charge is 0.338 e. The molecule has 0 aliphatic carbocycles. The van der Waals surface area contributed by atoms with Gasteiger partial charge in [0.25, 0.3) is 0 Å². The van der Waals surface area contributed by atoms with Gasteiger partial charge in [0.15, 0.2) is 0 Å². The van der Waals surface area contributed by atoms with Crippen LogP contribution in [0.3, 0.4) is 0 Å². The van der Waals surface area contributed by atoms with E-state index in [1.165, 1.54) is 0 Å². The van der Waals surface area contributed by atoms with Crippen LogP contribution < -0.4 is 0 Å². The van der Waals surface area contributed by atoms with E-state index in [-0.39, 0.29) is 19.2 Å². The average molecular weight is 313 g/mol. The van der Waals surface area contributed by atoms with Crippen LogP contribution in [-0.4, -0.2) is 25.2 Å². The van der Waals surface area contributed by atoms with E-state index in [0.29, 0.717) is 30.4 Å². The molecule has 0 radical (unpaired) electrons. The lowest BCUT2D eigenvalue weighted by molar-refractivity contribution is 0.0497. The topological polar surface area (TPSA) is 148 Å². The highest BCUT2D eigenvalue weighted by molar-refractivity contribution is 5.89.